The Kier molecular flexibility index (Phi) is 3.88. The van der Waals surface area contributed by atoms with Gasteiger partial charge in [-0.05, 0) is 17.7 Å². The van der Waals surface area contributed by atoms with Crippen molar-refractivity contribution in [2.24, 2.45) is 0 Å². The van der Waals surface area contributed by atoms with Crippen LogP contribution in [0.2, 0.25) is 0 Å². The Morgan fingerprint density at radius 2 is 1.95 bits per heavy atom. The van der Waals surface area contributed by atoms with Crippen molar-refractivity contribution in [2.45, 2.75) is 12.7 Å². The van der Waals surface area contributed by atoms with Crippen molar-refractivity contribution in [3.63, 3.8) is 0 Å². The molecule has 2 heterocycles. The van der Waals surface area contributed by atoms with E-state index in [1.165, 1.54) is 6.07 Å². The number of hydrogen-bond acceptors (Lipinski definition) is 4. The molecule has 0 amide bonds. The fourth-order valence-corrected chi connectivity index (χ4v) is 2.55. The number of alkyl halides is 3. The first-order chi connectivity index (χ1) is 10.4. The molecule has 3 rings (SSSR count). The molecular weight excluding hydrogens is 297 g/mol. The van der Waals surface area contributed by atoms with Crippen molar-refractivity contribution in [3.8, 4) is 0 Å². The van der Waals surface area contributed by atoms with Crippen molar-refractivity contribution in [2.75, 3.05) is 26.2 Å². The van der Waals surface area contributed by atoms with Crippen LogP contribution in [0, 0.1) is 0 Å². The third-order valence-electron chi connectivity index (χ3n) is 3.64. The molecule has 2 N–H and O–H groups in total. The molecule has 0 unspecified atom stereocenters. The molecule has 0 atom stereocenters. The second kappa shape index (κ2) is 5.69. The van der Waals surface area contributed by atoms with E-state index in [-0.39, 0.29) is 5.52 Å². The highest BCUT2D eigenvalue weighted by Crippen LogP contribution is 2.25. The second-order valence-electron chi connectivity index (χ2n) is 5.29. The highest BCUT2D eigenvalue weighted by molar-refractivity contribution is 5.74. The summed E-state index contributed by atoms with van der Waals surface area (Å²) in [6, 6.07) is 4.94. The van der Waals surface area contributed by atoms with E-state index in [4.69, 9.17) is 0 Å². The number of nitrogens with one attached hydrogen (secondary N) is 2. The zero-order valence-electron chi connectivity index (χ0n) is 11.7. The lowest BCUT2D eigenvalue weighted by Crippen LogP contribution is -2.42. The van der Waals surface area contributed by atoms with Gasteiger partial charge in [-0.15, -0.1) is 0 Å². The molecule has 0 saturated carbocycles. The van der Waals surface area contributed by atoms with Crippen molar-refractivity contribution < 1.29 is 13.2 Å². The lowest BCUT2D eigenvalue weighted by molar-refractivity contribution is -0.142. The van der Waals surface area contributed by atoms with Crippen LogP contribution >= 0.6 is 0 Å². The minimum atomic E-state index is -4.75. The van der Waals surface area contributed by atoms with Gasteiger partial charge in [0.05, 0.1) is 11.0 Å². The van der Waals surface area contributed by atoms with E-state index >= 15 is 0 Å². The topological polar surface area (TPSA) is 61.0 Å². The number of rotatable bonds is 2. The summed E-state index contributed by atoms with van der Waals surface area (Å²) in [5, 5.41) is 3.25. The molecule has 8 heteroatoms. The lowest BCUT2D eigenvalue weighted by Gasteiger charge is -2.27. The smallest absolute Gasteiger partial charge is 0.319 e. The molecule has 1 saturated heterocycles. The summed E-state index contributed by atoms with van der Waals surface area (Å²) in [6.07, 6.45) is -4.75. The van der Waals surface area contributed by atoms with Gasteiger partial charge in [-0.1, -0.05) is 6.07 Å². The van der Waals surface area contributed by atoms with Gasteiger partial charge in [-0.3, -0.25) is 9.69 Å². The largest absolute Gasteiger partial charge is 0.438 e. The Balaban J connectivity index is 1.91. The van der Waals surface area contributed by atoms with E-state index in [0.29, 0.717) is 12.1 Å². The maximum atomic E-state index is 12.7. The highest BCUT2D eigenvalue weighted by atomic mass is 19.4. The van der Waals surface area contributed by atoms with Crippen LogP contribution in [0.1, 0.15) is 11.3 Å². The minimum Gasteiger partial charge on any atom is -0.319 e. The lowest BCUT2D eigenvalue weighted by atomic mass is 10.1. The van der Waals surface area contributed by atoms with Crippen molar-refractivity contribution >= 4 is 11.0 Å². The maximum Gasteiger partial charge on any atom is 0.438 e. The molecule has 0 spiro atoms. The normalized spacial score (nSPS) is 17.0. The maximum absolute atomic E-state index is 12.7. The molecule has 1 fully saturated rings. The summed E-state index contributed by atoms with van der Waals surface area (Å²) < 4.78 is 38.0. The molecule has 1 aromatic heterocycles. The van der Waals surface area contributed by atoms with E-state index in [2.05, 4.69) is 20.2 Å². The number of piperazine rings is 1. The molecule has 0 bridgehead atoms. The Bertz CT molecular complexity index is 735. The first kappa shape index (κ1) is 15.0. The molecule has 118 valence electrons. The Hall–Kier alpha value is -1.93. The molecule has 0 aliphatic carbocycles. The van der Waals surface area contributed by atoms with Gasteiger partial charge in [-0.25, -0.2) is 4.98 Å². The Morgan fingerprint density at radius 3 is 2.64 bits per heavy atom. The number of halogens is 3. The molecule has 2 aromatic rings. The van der Waals surface area contributed by atoms with Gasteiger partial charge < -0.3 is 10.3 Å². The monoisotopic (exact) mass is 312 g/mol. The second-order valence-corrected chi connectivity index (χ2v) is 5.29. The zero-order chi connectivity index (χ0) is 15.7. The van der Waals surface area contributed by atoms with Crippen LogP contribution in [-0.4, -0.2) is 41.0 Å². The number of hydrogen-bond donors (Lipinski definition) is 2. The van der Waals surface area contributed by atoms with E-state index in [9.17, 15) is 18.0 Å². The predicted octanol–water partition coefficient (Wildman–Crippen LogP) is 1.35. The SMILES string of the molecule is O=c1[nH]c2cc(CN3CCNCC3)ccc2nc1C(F)(F)F. The molecule has 22 heavy (non-hydrogen) atoms. The summed E-state index contributed by atoms with van der Waals surface area (Å²) in [7, 11) is 0. The Morgan fingerprint density at radius 1 is 1.23 bits per heavy atom. The van der Waals surface area contributed by atoms with Gasteiger partial charge >= 0.3 is 6.18 Å². The fourth-order valence-electron chi connectivity index (χ4n) is 2.55. The third kappa shape index (κ3) is 3.12. The predicted molar refractivity (Wildman–Crippen MR) is 75.5 cm³/mol. The number of aromatic amines is 1. The van der Waals surface area contributed by atoms with Gasteiger partial charge in [0.2, 0.25) is 5.69 Å². The summed E-state index contributed by atoms with van der Waals surface area (Å²) in [5.41, 5.74) is -1.22. The number of fused-ring (bicyclic) bond motifs is 1. The molecular formula is C14H15F3N4O. The van der Waals surface area contributed by atoms with Crippen molar-refractivity contribution in [1.82, 2.24) is 20.2 Å². The summed E-state index contributed by atoms with van der Waals surface area (Å²) in [6.45, 7) is 4.36. The summed E-state index contributed by atoms with van der Waals surface area (Å²) in [5.74, 6) is 0. The fraction of sp³-hybridized carbons (Fsp3) is 0.429. The summed E-state index contributed by atoms with van der Waals surface area (Å²) in [4.78, 5) is 19.5. The Labute approximate surface area is 124 Å². The number of aromatic nitrogens is 2. The molecule has 1 aliphatic rings. The van der Waals surface area contributed by atoms with Gasteiger partial charge in [0.25, 0.3) is 5.56 Å². The number of nitrogens with zero attached hydrogens (tertiary/aromatic N) is 2. The van der Waals surface area contributed by atoms with Crippen molar-refractivity contribution in [1.29, 1.82) is 0 Å². The van der Waals surface area contributed by atoms with Crippen LogP contribution in [0.15, 0.2) is 23.0 Å². The van der Waals surface area contributed by atoms with Gasteiger partial charge in [-0.2, -0.15) is 13.2 Å². The van der Waals surface area contributed by atoms with Gasteiger partial charge in [0.15, 0.2) is 0 Å². The van der Waals surface area contributed by atoms with Crippen LogP contribution < -0.4 is 10.9 Å². The number of H-pyrrole nitrogens is 1. The quantitative estimate of drug-likeness (QED) is 0.879. The van der Waals surface area contributed by atoms with Gasteiger partial charge in [0.1, 0.15) is 0 Å². The standard InChI is InChI=1S/C14H15F3N4O/c15-14(16,17)12-13(22)20-11-7-9(1-2-10(11)19-12)8-21-5-3-18-4-6-21/h1-2,7,18H,3-6,8H2,(H,20,22). The van der Waals surface area contributed by atoms with Crippen LogP contribution in [-0.2, 0) is 12.7 Å². The van der Waals surface area contributed by atoms with Crippen LogP contribution in [0.4, 0.5) is 13.2 Å². The van der Waals surface area contributed by atoms with Crippen LogP contribution in [0.5, 0.6) is 0 Å². The van der Waals surface area contributed by atoms with Gasteiger partial charge in [0, 0.05) is 32.7 Å². The van der Waals surface area contributed by atoms with E-state index < -0.39 is 17.4 Å². The number of benzene rings is 1. The molecule has 0 radical (unpaired) electrons. The minimum absolute atomic E-state index is 0.135. The molecule has 5 nitrogen and oxygen atoms in total. The third-order valence-corrected chi connectivity index (χ3v) is 3.64. The molecule has 1 aromatic carbocycles. The first-order valence-electron chi connectivity index (χ1n) is 6.97. The zero-order valence-corrected chi connectivity index (χ0v) is 11.7. The summed E-state index contributed by atoms with van der Waals surface area (Å²) >= 11 is 0. The van der Waals surface area contributed by atoms with E-state index in [1.54, 1.807) is 12.1 Å². The molecule has 1 aliphatic heterocycles. The average Bonchev–Trinajstić information content (AvgIpc) is 2.46. The average molecular weight is 312 g/mol. The van der Waals surface area contributed by atoms with Crippen molar-refractivity contribution in [3.05, 3.63) is 39.8 Å². The first-order valence-corrected chi connectivity index (χ1v) is 6.97. The van der Waals surface area contributed by atoms with E-state index in [0.717, 1.165) is 31.7 Å². The highest BCUT2D eigenvalue weighted by Gasteiger charge is 2.36. The van der Waals surface area contributed by atoms with Crippen LogP contribution in [0.25, 0.3) is 11.0 Å². The van der Waals surface area contributed by atoms with Crippen LogP contribution in [0.3, 0.4) is 0 Å². The van der Waals surface area contributed by atoms with E-state index in [1.807, 2.05) is 0 Å².